The Morgan fingerprint density at radius 3 is 2.15 bits per heavy atom. The number of carbonyl (C=O) groups excluding carboxylic acids is 1. The minimum Gasteiger partial charge on any atom is -0.478 e. The molecule has 2 aromatic carbocycles. The Hall–Kier alpha value is -2.80. The first-order valence-electron chi connectivity index (χ1n) is 7.23. The van der Waals surface area contributed by atoms with Gasteiger partial charge in [-0.3, -0.25) is 0 Å². The summed E-state index contributed by atoms with van der Waals surface area (Å²) in [6.07, 6.45) is 2.68. The van der Waals surface area contributed by atoms with Gasteiger partial charge in [-0.05, 0) is 11.6 Å². The minimum absolute atomic E-state index is 0.225. The number of aromatic hydroxyl groups is 1. The van der Waals surface area contributed by atoms with Crippen LogP contribution >= 0.6 is 0 Å². The Labute approximate surface area is 152 Å². The standard InChI is InChI=1S/C9H8O2.C8H10AsNO5/c10-9(11)7-6-8-4-2-1-3-5-8;1-5(11)10-8-6(9(13,14)15)3-2-4-7(8)12/h1-7H,(H,10,11);2-4,12H,1H3,(H,10,11)(H2,13,14,15). The molecule has 0 radical (unpaired) electrons. The second kappa shape index (κ2) is 9.62. The Morgan fingerprint density at radius 2 is 1.65 bits per heavy atom. The molecule has 2 rings (SSSR count). The van der Waals surface area contributed by atoms with E-state index in [2.05, 4.69) is 5.32 Å². The van der Waals surface area contributed by atoms with Crippen LogP contribution in [0, 0.1) is 0 Å². The van der Waals surface area contributed by atoms with E-state index >= 15 is 0 Å². The maximum absolute atomic E-state index is 11.1. The number of amides is 1. The van der Waals surface area contributed by atoms with Gasteiger partial charge >= 0.3 is 94.1 Å². The second-order valence-electron chi connectivity index (χ2n) is 4.98. The summed E-state index contributed by atoms with van der Waals surface area (Å²) in [5.74, 6) is -1.80. The topological polar surface area (TPSA) is 144 Å². The number of carbonyl (C=O) groups is 2. The Bertz CT molecular complexity index is 843. The van der Waals surface area contributed by atoms with E-state index in [1.165, 1.54) is 25.1 Å². The predicted molar refractivity (Wildman–Crippen MR) is 96.0 cm³/mol. The van der Waals surface area contributed by atoms with Gasteiger partial charge in [0.25, 0.3) is 0 Å². The Balaban J connectivity index is 0.000000273. The number of phenols is 1. The van der Waals surface area contributed by atoms with Crippen molar-refractivity contribution in [2.45, 2.75) is 6.92 Å². The van der Waals surface area contributed by atoms with E-state index in [1.807, 2.05) is 30.3 Å². The maximum Gasteiger partial charge on any atom is 0.328 e. The summed E-state index contributed by atoms with van der Waals surface area (Å²) >= 11 is -5.14. The largest absolute Gasteiger partial charge is 0.478 e. The van der Waals surface area contributed by atoms with Crippen LogP contribution in [-0.2, 0) is 13.3 Å². The van der Waals surface area contributed by atoms with Crippen molar-refractivity contribution in [2.75, 3.05) is 5.32 Å². The molecule has 2 aromatic rings. The molecule has 0 spiro atoms. The molecule has 0 aliphatic carbocycles. The summed E-state index contributed by atoms with van der Waals surface area (Å²) in [4.78, 5) is 20.9. The predicted octanol–water partition coefficient (Wildman–Crippen LogP) is 0.696. The molecular weight excluding hydrogens is 405 g/mol. The van der Waals surface area contributed by atoms with E-state index < -0.39 is 26.0 Å². The average Bonchev–Trinajstić information content (AvgIpc) is 2.55. The monoisotopic (exact) mass is 423 g/mol. The molecule has 0 heterocycles. The third-order valence-corrected chi connectivity index (χ3v) is 4.95. The number of hydrogen-bond acceptors (Lipinski definition) is 4. The van der Waals surface area contributed by atoms with Crippen LogP contribution in [0.1, 0.15) is 12.5 Å². The van der Waals surface area contributed by atoms with Gasteiger partial charge in [0.2, 0.25) is 0 Å². The fourth-order valence-corrected chi connectivity index (χ4v) is 3.36. The van der Waals surface area contributed by atoms with E-state index in [1.54, 1.807) is 6.08 Å². The quantitative estimate of drug-likeness (QED) is 0.277. The molecule has 138 valence electrons. The third kappa shape index (κ3) is 7.39. The summed E-state index contributed by atoms with van der Waals surface area (Å²) in [6.45, 7) is 1.18. The number of aliphatic carboxylic acids is 1. The van der Waals surface area contributed by atoms with Crippen LogP contribution in [0.25, 0.3) is 6.08 Å². The Morgan fingerprint density at radius 1 is 1.04 bits per heavy atom. The zero-order chi connectivity index (χ0) is 19.7. The molecule has 26 heavy (non-hydrogen) atoms. The minimum atomic E-state index is -5.14. The van der Waals surface area contributed by atoms with Crippen molar-refractivity contribution < 1.29 is 31.7 Å². The van der Waals surface area contributed by atoms with Crippen LogP contribution in [0.2, 0.25) is 0 Å². The number of para-hydroxylation sites is 1. The van der Waals surface area contributed by atoms with E-state index in [0.29, 0.717) is 0 Å². The van der Waals surface area contributed by atoms with Crippen LogP contribution in [0.5, 0.6) is 5.75 Å². The van der Waals surface area contributed by atoms with Gasteiger partial charge in [-0.15, -0.1) is 0 Å². The van der Waals surface area contributed by atoms with Crippen molar-refractivity contribution in [3.05, 3.63) is 60.2 Å². The Kier molecular flexibility index (Phi) is 7.86. The van der Waals surface area contributed by atoms with Gasteiger partial charge in [0, 0.05) is 6.08 Å². The summed E-state index contributed by atoms with van der Waals surface area (Å²) in [5.41, 5.74) is 0.674. The number of nitrogens with one attached hydrogen (secondary N) is 1. The first-order chi connectivity index (χ1) is 12.1. The van der Waals surface area contributed by atoms with Crippen LogP contribution in [0.4, 0.5) is 5.69 Å². The van der Waals surface area contributed by atoms with Gasteiger partial charge in [0.05, 0.1) is 0 Å². The average molecular weight is 423 g/mol. The smallest absolute Gasteiger partial charge is 0.328 e. The molecule has 0 aromatic heterocycles. The number of anilines is 1. The molecule has 0 aliphatic rings. The fourth-order valence-electron chi connectivity index (χ4n) is 1.81. The van der Waals surface area contributed by atoms with Crippen molar-refractivity contribution in [1.29, 1.82) is 0 Å². The van der Waals surface area contributed by atoms with Gasteiger partial charge in [-0.2, -0.15) is 0 Å². The summed E-state index contributed by atoms with van der Waals surface area (Å²) in [5, 5.41) is 19.8. The van der Waals surface area contributed by atoms with E-state index in [0.717, 1.165) is 11.6 Å². The second-order valence-corrected chi connectivity index (χ2v) is 8.27. The van der Waals surface area contributed by atoms with Gasteiger partial charge < -0.3 is 5.11 Å². The van der Waals surface area contributed by atoms with E-state index in [-0.39, 0.29) is 15.8 Å². The van der Waals surface area contributed by atoms with E-state index in [4.69, 9.17) is 13.3 Å². The molecule has 1 amide bonds. The van der Waals surface area contributed by atoms with Crippen LogP contribution in [-0.4, -0.2) is 44.5 Å². The number of carboxylic acid groups (broad SMARTS) is 1. The van der Waals surface area contributed by atoms with Crippen molar-refractivity contribution in [3.63, 3.8) is 0 Å². The molecule has 0 bridgehead atoms. The molecule has 8 nitrogen and oxygen atoms in total. The molecule has 0 fully saturated rings. The van der Waals surface area contributed by atoms with E-state index in [9.17, 15) is 18.4 Å². The summed E-state index contributed by atoms with van der Waals surface area (Å²) in [7, 11) is 0. The first-order valence-corrected chi connectivity index (χ1v) is 10.6. The number of carboxylic acids is 1. The van der Waals surface area contributed by atoms with Crippen molar-refractivity contribution in [3.8, 4) is 5.75 Å². The van der Waals surface area contributed by atoms with Gasteiger partial charge in [-0.25, -0.2) is 4.79 Å². The van der Waals surface area contributed by atoms with Gasteiger partial charge in [0.15, 0.2) is 0 Å². The summed E-state index contributed by atoms with van der Waals surface area (Å²) in [6, 6.07) is 13.0. The van der Waals surface area contributed by atoms with Crippen molar-refractivity contribution in [2.24, 2.45) is 0 Å². The number of rotatable bonds is 4. The number of benzene rings is 2. The van der Waals surface area contributed by atoms with Crippen molar-refractivity contribution in [1.82, 2.24) is 0 Å². The fraction of sp³-hybridized carbons (Fsp3) is 0.0588. The SMILES string of the molecule is CC(=O)Nc1c(O)cccc1[As](=O)(O)O.O=C(O)C=Cc1ccccc1. The molecule has 0 aliphatic heterocycles. The molecule has 0 unspecified atom stereocenters. The van der Waals surface area contributed by atoms with Crippen LogP contribution in [0.3, 0.4) is 0 Å². The number of hydrogen-bond donors (Lipinski definition) is 5. The third-order valence-electron chi connectivity index (χ3n) is 2.85. The summed E-state index contributed by atoms with van der Waals surface area (Å²) < 4.78 is 28.8. The molecule has 0 atom stereocenters. The molecule has 9 heteroatoms. The van der Waals surface area contributed by atoms with Gasteiger partial charge in [-0.1, -0.05) is 30.3 Å². The zero-order valence-corrected chi connectivity index (χ0v) is 15.6. The first kappa shape index (κ1) is 21.2. The molecule has 0 saturated carbocycles. The molecular formula is C17H18AsNO7. The molecule has 5 N–H and O–H groups in total. The van der Waals surface area contributed by atoms with Crippen molar-refractivity contribution >= 4 is 42.2 Å². The zero-order valence-electron chi connectivity index (χ0n) is 13.7. The normalized spacial score (nSPS) is 10.7. The van der Waals surface area contributed by atoms with Crippen LogP contribution in [0.15, 0.2) is 54.6 Å². The number of phenolic OH excluding ortho intramolecular Hbond substituents is 1. The molecule has 0 saturated heterocycles. The van der Waals surface area contributed by atoms with Gasteiger partial charge in [0.1, 0.15) is 0 Å². The maximum atomic E-state index is 11.1. The van der Waals surface area contributed by atoms with Crippen LogP contribution < -0.4 is 9.67 Å².